The number of hydrogen-bond donors (Lipinski definition) is 0. The summed E-state index contributed by atoms with van der Waals surface area (Å²) in [5, 5.41) is 10.4. The molecule has 0 saturated carbocycles. The normalized spacial score (nSPS) is 9.50. The predicted molar refractivity (Wildman–Crippen MR) is 48.9 cm³/mol. The molecule has 0 aliphatic rings. The Bertz CT molecular complexity index is 349. The summed E-state index contributed by atoms with van der Waals surface area (Å²) in [7, 11) is 0. The van der Waals surface area contributed by atoms with E-state index in [0.29, 0.717) is 5.02 Å². The maximum absolute atomic E-state index is 10.8. The lowest BCUT2D eigenvalue weighted by atomic mass is 10.3. The van der Waals surface area contributed by atoms with Crippen molar-refractivity contribution in [1.29, 1.82) is 0 Å². The maximum Gasteiger partial charge on any atom is 0.383 e. The van der Waals surface area contributed by atoms with Gasteiger partial charge in [0, 0.05) is 9.95 Å². The first-order chi connectivity index (χ1) is 6.58. The minimum Gasteiger partial charge on any atom is -0.422 e. The van der Waals surface area contributed by atoms with E-state index in [1.807, 2.05) is 0 Å². The summed E-state index contributed by atoms with van der Waals surface area (Å²) >= 11 is 5.58. The number of esters is 1. The van der Waals surface area contributed by atoms with Gasteiger partial charge in [-0.3, -0.25) is 10.1 Å². The second kappa shape index (κ2) is 4.57. The summed E-state index contributed by atoms with van der Waals surface area (Å²) in [6.45, 7) is -0.845. The van der Waals surface area contributed by atoms with E-state index in [0.717, 1.165) is 0 Å². The lowest BCUT2D eigenvalue weighted by Gasteiger charge is -2.00. The molecule has 6 heteroatoms. The Morgan fingerprint density at radius 3 is 2.50 bits per heavy atom. The first kappa shape index (κ1) is 10.5. The molecule has 0 unspecified atom stereocenters. The highest BCUT2D eigenvalue weighted by atomic mass is 35.5. The fourth-order valence-corrected chi connectivity index (χ4v) is 0.898. The molecule has 74 valence electrons. The third kappa shape index (κ3) is 3.40. The summed E-state index contributed by atoms with van der Waals surface area (Å²) in [6, 6.07) is 5.97. The maximum atomic E-state index is 10.8. The number of halogens is 1. The second-order valence-corrected chi connectivity index (χ2v) is 2.86. The summed E-state index contributed by atoms with van der Waals surface area (Å²) in [6.07, 6.45) is 0. The molecule has 0 N–H and O–H groups in total. The molecule has 0 heterocycles. The van der Waals surface area contributed by atoms with E-state index < -0.39 is 17.4 Å². The van der Waals surface area contributed by atoms with Crippen molar-refractivity contribution in [3.8, 4) is 5.75 Å². The third-order valence-electron chi connectivity index (χ3n) is 1.30. The van der Waals surface area contributed by atoms with Gasteiger partial charge in [0.25, 0.3) is 6.54 Å². The zero-order valence-corrected chi connectivity index (χ0v) is 7.73. The van der Waals surface area contributed by atoms with Crippen LogP contribution in [-0.2, 0) is 4.79 Å². The van der Waals surface area contributed by atoms with Gasteiger partial charge in [-0.15, -0.1) is 0 Å². The lowest BCUT2D eigenvalue weighted by molar-refractivity contribution is -0.469. The largest absolute Gasteiger partial charge is 0.422 e. The summed E-state index contributed by atoms with van der Waals surface area (Å²) in [4.78, 5) is 20.0. The minimum atomic E-state index is -0.905. The Hall–Kier alpha value is -1.62. The number of benzene rings is 1. The van der Waals surface area contributed by atoms with Crippen LogP contribution in [0.2, 0.25) is 5.02 Å². The van der Waals surface area contributed by atoms with E-state index in [-0.39, 0.29) is 5.75 Å². The van der Waals surface area contributed by atoms with Gasteiger partial charge >= 0.3 is 5.97 Å². The quantitative estimate of drug-likeness (QED) is 0.332. The number of carbonyl (C=O) groups is 1. The van der Waals surface area contributed by atoms with E-state index in [4.69, 9.17) is 11.6 Å². The van der Waals surface area contributed by atoms with Crippen molar-refractivity contribution in [3.05, 3.63) is 39.4 Å². The van der Waals surface area contributed by atoms with Crippen molar-refractivity contribution in [2.24, 2.45) is 0 Å². The van der Waals surface area contributed by atoms with Crippen molar-refractivity contribution < 1.29 is 14.5 Å². The lowest BCUT2D eigenvalue weighted by Crippen LogP contribution is -2.19. The summed E-state index contributed by atoms with van der Waals surface area (Å²) < 4.78 is 4.64. The second-order valence-electron chi connectivity index (χ2n) is 2.42. The molecule has 1 aromatic rings. The molecule has 0 radical (unpaired) electrons. The smallest absolute Gasteiger partial charge is 0.383 e. The summed E-state index contributed by atoms with van der Waals surface area (Å²) in [5.74, 6) is -0.668. The molecule has 0 atom stereocenters. The number of carbonyl (C=O) groups excluding carboxylic acids is 1. The van der Waals surface area contributed by atoms with Crippen LogP contribution in [0.15, 0.2) is 24.3 Å². The zero-order chi connectivity index (χ0) is 10.6. The Balaban J connectivity index is 2.56. The average Bonchev–Trinajstić information content (AvgIpc) is 2.07. The fraction of sp³-hybridized carbons (Fsp3) is 0.125. The monoisotopic (exact) mass is 215 g/mol. The van der Waals surface area contributed by atoms with Gasteiger partial charge in [-0.1, -0.05) is 11.6 Å². The van der Waals surface area contributed by atoms with Crippen LogP contribution in [-0.4, -0.2) is 17.4 Å². The highest BCUT2D eigenvalue weighted by molar-refractivity contribution is 6.30. The molecule has 0 aliphatic carbocycles. The third-order valence-corrected chi connectivity index (χ3v) is 1.56. The molecule has 1 rings (SSSR count). The van der Waals surface area contributed by atoms with E-state index in [2.05, 4.69) is 4.74 Å². The molecule has 5 nitrogen and oxygen atoms in total. The topological polar surface area (TPSA) is 69.4 Å². The van der Waals surface area contributed by atoms with Gasteiger partial charge in [0.15, 0.2) is 0 Å². The van der Waals surface area contributed by atoms with Crippen LogP contribution in [0.4, 0.5) is 0 Å². The molecule has 0 aliphatic heterocycles. The van der Waals surface area contributed by atoms with Gasteiger partial charge < -0.3 is 4.74 Å². The molecule has 0 amide bonds. The van der Waals surface area contributed by atoms with Crippen molar-refractivity contribution in [1.82, 2.24) is 0 Å². The van der Waals surface area contributed by atoms with Gasteiger partial charge in [0.05, 0.1) is 0 Å². The van der Waals surface area contributed by atoms with Crippen LogP contribution in [0.1, 0.15) is 0 Å². The first-order valence-corrected chi connectivity index (χ1v) is 4.04. The number of ether oxygens (including phenoxy) is 1. The Labute approximate surface area is 84.4 Å². The molecular formula is C8H6ClNO4. The molecule has 0 spiro atoms. The number of nitrogens with zero attached hydrogens (tertiary/aromatic N) is 1. The molecular weight excluding hydrogens is 210 g/mol. The van der Waals surface area contributed by atoms with Crippen LogP contribution in [0.3, 0.4) is 0 Å². The molecule has 1 aromatic carbocycles. The Morgan fingerprint density at radius 2 is 2.00 bits per heavy atom. The molecule has 14 heavy (non-hydrogen) atoms. The van der Waals surface area contributed by atoms with E-state index >= 15 is 0 Å². The molecule has 0 aromatic heterocycles. The van der Waals surface area contributed by atoms with Gasteiger partial charge in [-0.05, 0) is 24.3 Å². The van der Waals surface area contributed by atoms with Gasteiger partial charge in [0.2, 0.25) is 0 Å². The van der Waals surface area contributed by atoms with E-state index in [1.54, 1.807) is 0 Å². The van der Waals surface area contributed by atoms with Gasteiger partial charge in [-0.25, -0.2) is 4.79 Å². The van der Waals surface area contributed by atoms with Crippen molar-refractivity contribution >= 4 is 17.6 Å². The Morgan fingerprint density at radius 1 is 1.43 bits per heavy atom. The van der Waals surface area contributed by atoms with Crippen LogP contribution < -0.4 is 4.74 Å². The number of rotatable bonds is 3. The van der Waals surface area contributed by atoms with Crippen LogP contribution in [0.5, 0.6) is 5.75 Å². The molecule has 0 bridgehead atoms. The van der Waals surface area contributed by atoms with Gasteiger partial charge in [0.1, 0.15) is 5.75 Å². The average molecular weight is 216 g/mol. The molecule has 0 fully saturated rings. The van der Waals surface area contributed by atoms with E-state index in [1.165, 1.54) is 24.3 Å². The van der Waals surface area contributed by atoms with Crippen molar-refractivity contribution in [2.45, 2.75) is 0 Å². The zero-order valence-electron chi connectivity index (χ0n) is 6.97. The van der Waals surface area contributed by atoms with Crippen LogP contribution >= 0.6 is 11.6 Å². The Kier molecular flexibility index (Phi) is 3.41. The predicted octanol–water partition coefficient (Wildman–Crippen LogP) is 1.52. The highest BCUT2D eigenvalue weighted by Gasteiger charge is 2.11. The van der Waals surface area contributed by atoms with Crippen molar-refractivity contribution in [2.75, 3.05) is 6.54 Å². The van der Waals surface area contributed by atoms with Crippen LogP contribution in [0, 0.1) is 10.1 Å². The standard InChI is InChI=1S/C8H6ClNO4/c9-6-1-3-7(4-2-6)14-8(11)5-10(12)13/h1-4H,5H2. The minimum absolute atomic E-state index is 0.237. The first-order valence-electron chi connectivity index (χ1n) is 3.66. The summed E-state index contributed by atoms with van der Waals surface area (Å²) in [5.41, 5.74) is 0. The van der Waals surface area contributed by atoms with Crippen LogP contribution in [0.25, 0.3) is 0 Å². The van der Waals surface area contributed by atoms with Gasteiger partial charge in [-0.2, -0.15) is 0 Å². The highest BCUT2D eigenvalue weighted by Crippen LogP contribution is 2.15. The fourth-order valence-electron chi connectivity index (χ4n) is 0.772. The SMILES string of the molecule is O=C(C[N+](=O)[O-])Oc1ccc(Cl)cc1. The van der Waals surface area contributed by atoms with E-state index in [9.17, 15) is 14.9 Å². The molecule has 0 saturated heterocycles. The van der Waals surface area contributed by atoms with Crippen molar-refractivity contribution in [3.63, 3.8) is 0 Å². The number of hydrogen-bond acceptors (Lipinski definition) is 4. The number of nitro groups is 1.